The maximum Gasteiger partial charge on any atom is 0.247 e. The minimum Gasteiger partial charge on any atom is -0.497 e. The molecule has 132 valence electrons. The minimum absolute atomic E-state index is 0.0685. The summed E-state index contributed by atoms with van der Waals surface area (Å²) in [5.41, 5.74) is 2.02. The third-order valence-electron chi connectivity index (χ3n) is 3.99. The van der Waals surface area contributed by atoms with Crippen LogP contribution in [0.25, 0.3) is 6.08 Å². The molecule has 0 saturated carbocycles. The van der Waals surface area contributed by atoms with Crippen LogP contribution < -0.4 is 4.74 Å². The normalized spacial score (nSPS) is 10.8. The van der Waals surface area contributed by atoms with Crippen LogP contribution in [-0.4, -0.2) is 17.9 Å². The Morgan fingerprint density at radius 1 is 1.00 bits per heavy atom. The second kappa shape index (κ2) is 8.72. The van der Waals surface area contributed by atoms with Crippen LogP contribution in [0.1, 0.15) is 16.9 Å². The topological polar surface area (TPSA) is 42.7 Å². The van der Waals surface area contributed by atoms with Gasteiger partial charge in [-0.15, -0.1) is 0 Å². The zero-order valence-electron chi connectivity index (χ0n) is 14.7. The summed E-state index contributed by atoms with van der Waals surface area (Å²) < 4.78 is 10.6. The van der Waals surface area contributed by atoms with Crippen LogP contribution in [0.15, 0.2) is 83.5 Å². The van der Waals surface area contributed by atoms with Gasteiger partial charge >= 0.3 is 0 Å². The molecule has 0 unspecified atom stereocenters. The summed E-state index contributed by atoms with van der Waals surface area (Å²) in [5, 5.41) is 0. The van der Waals surface area contributed by atoms with Crippen LogP contribution in [0.5, 0.6) is 5.75 Å². The number of benzene rings is 2. The average Bonchev–Trinajstić information content (AvgIpc) is 3.20. The van der Waals surface area contributed by atoms with Crippen molar-refractivity contribution >= 4 is 12.0 Å². The first-order valence-corrected chi connectivity index (χ1v) is 8.42. The molecule has 4 heteroatoms. The Labute approximate surface area is 153 Å². The van der Waals surface area contributed by atoms with Gasteiger partial charge in [0, 0.05) is 12.6 Å². The monoisotopic (exact) mass is 347 g/mol. The fourth-order valence-electron chi connectivity index (χ4n) is 2.59. The van der Waals surface area contributed by atoms with Crippen LogP contribution in [0.2, 0.25) is 0 Å². The standard InChI is InChI=1S/C22H21NO3/c1-25-20-12-9-18(10-13-20)11-14-22(24)23(17-21-8-5-15-26-21)16-19-6-3-2-4-7-19/h2-15H,16-17H2,1H3/b14-11+. The molecule has 4 nitrogen and oxygen atoms in total. The molecular formula is C22H21NO3. The van der Waals surface area contributed by atoms with Crippen molar-refractivity contribution in [3.05, 3.63) is 96.0 Å². The van der Waals surface area contributed by atoms with Crippen molar-refractivity contribution < 1.29 is 13.9 Å². The quantitative estimate of drug-likeness (QED) is 0.590. The molecule has 0 spiro atoms. The second-order valence-electron chi connectivity index (χ2n) is 5.87. The van der Waals surface area contributed by atoms with Crippen LogP contribution >= 0.6 is 0 Å². The average molecular weight is 347 g/mol. The fourth-order valence-corrected chi connectivity index (χ4v) is 2.59. The zero-order chi connectivity index (χ0) is 18.2. The Hall–Kier alpha value is -3.27. The molecule has 0 atom stereocenters. The van der Waals surface area contributed by atoms with Crippen molar-refractivity contribution in [2.45, 2.75) is 13.1 Å². The fraction of sp³-hybridized carbons (Fsp3) is 0.136. The summed E-state index contributed by atoms with van der Waals surface area (Å²) in [6.45, 7) is 0.945. The molecule has 0 N–H and O–H groups in total. The van der Waals surface area contributed by atoms with Gasteiger partial charge in [0.05, 0.1) is 19.9 Å². The number of carbonyl (C=O) groups is 1. The van der Waals surface area contributed by atoms with Gasteiger partial charge < -0.3 is 14.1 Å². The van der Waals surface area contributed by atoms with E-state index < -0.39 is 0 Å². The third-order valence-corrected chi connectivity index (χ3v) is 3.99. The predicted octanol–water partition coefficient (Wildman–Crippen LogP) is 4.53. The number of furan rings is 1. The number of hydrogen-bond donors (Lipinski definition) is 0. The van der Waals surface area contributed by atoms with Gasteiger partial charge in [-0.1, -0.05) is 42.5 Å². The first-order valence-electron chi connectivity index (χ1n) is 8.42. The zero-order valence-corrected chi connectivity index (χ0v) is 14.7. The molecule has 3 rings (SSSR count). The number of carbonyl (C=O) groups excluding carboxylic acids is 1. The summed E-state index contributed by atoms with van der Waals surface area (Å²) in [6, 6.07) is 21.2. The molecule has 0 bridgehead atoms. The number of hydrogen-bond acceptors (Lipinski definition) is 3. The maximum atomic E-state index is 12.7. The van der Waals surface area contributed by atoms with Crippen LogP contribution in [-0.2, 0) is 17.9 Å². The Morgan fingerprint density at radius 2 is 1.77 bits per heavy atom. The van der Waals surface area contributed by atoms with E-state index in [2.05, 4.69) is 0 Å². The molecule has 26 heavy (non-hydrogen) atoms. The van der Waals surface area contributed by atoms with Gasteiger partial charge in [-0.3, -0.25) is 4.79 Å². The highest BCUT2D eigenvalue weighted by Crippen LogP contribution is 2.14. The summed E-state index contributed by atoms with van der Waals surface area (Å²) in [5.74, 6) is 1.48. The van der Waals surface area contributed by atoms with Gasteiger partial charge in [-0.05, 0) is 41.5 Å². The lowest BCUT2D eigenvalue weighted by Gasteiger charge is -2.20. The first kappa shape index (κ1) is 17.5. The summed E-state index contributed by atoms with van der Waals surface area (Å²) in [6.07, 6.45) is 5.02. The number of amides is 1. The molecular weight excluding hydrogens is 326 g/mol. The SMILES string of the molecule is COc1ccc(/C=C/C(=O)N(Cc2ccccc2)Cc2ccco2)cc1. The summed E-state index contributed by atoms with van der Waals surface area (Å²) in [4.78, 5) is 14.5. The maximum absolute atomic E-state index is 12.7. The van der Waals surface area contributed by atoms with Crippen LogP contribution in [0, 0.1) is 0 Å². The van der Waals surface area contributed by atoms with Gasteiger partial charge in [0.25, 0.3) is 0 Å². The lowest BCUT2D eigenvalue weighted by atomic mass is 10.2. The van der Waals surface area contributed by atoms with E-state index in [1.54, 1.807) is 24.3 Å². The molecule has 0 fully saturated rings. The molecule has 1 aromatic heterocycles. The van der Waals surface area contributed by atoms with Gasteiger partial charge in [-0.2, -0.15) is 0 Å². The van der Waals surface area contributed by atoms with Gasteiger partial charge in [-0.25, -0.2) is 0 Å². The molecule has 0 saturated heterocycles. The highest BCUT2D eigenvalue weighted by molar-refractivity contribution is 5.91. The molecule has 1 heterocycles. The van der Waals surface area contributed by atoms with E-state index in [0.717, 1.165) is 22.6 Å². The van der Waals surface area contributed by atoms with Crippen molar-refractivity contribution in [3.8, 4) is 5.75 Å². The minimum atomic E-state index is -0.0685. The molecule has 1 amide bonds. The third kappa shape index (κ3) is 4.86. The Balaban J connectivity index is 1.73. The highest BCUT2D eigenvalue weighted by atomic mass is 16.5. The highest BCUT2D eigenvalue weighted by Gasteiger charge is 2.13. The summed E-state index contributed by atoms with van der Waals surface area (Å²) in [7, 11) is 1.63. The Morgan fingerprint density at radius 3 is 2.42 bits per heavy atom. The van der Waals surface area contributed by atoms with E-state index in [-0.39, 0.29) is 5.91 Å². The van der Waals surface area contributed by atoms with Crippen molar-refractivity contribution in [2.75, 3.05) is 7.11 Å². The van der Waals surface area contributed by atoms with Gasteiger partial charge in [0.1, 0.15) is 11.5 Å². The number of nitrogens with zero attached hydrogens (tertiary/aromatic N) is 1. The lowest BCUT2D eigenvalue weighted by Crippen LogP contribution is -2.28. The molecule has 0 aliphatic carbocycles. The molecule has 0 radical (unpaired) electrons. The van der Waals surface area contributed by atoms with E-state index in [9.17, 15) is 4.79 Å². The van der Waals surface area contributed by atoms with Gasteiger partial charge in [0.2, 0.25) is 5.91 Å². The first-order chi connectivity index (χ1) is 12.7. The van der Waals surface area contributed by atoms with E-state index in [4.69, 9.17) is 9.15 Å². The van der Waals surface area contributed by atoms with Crippen molar-refractivity contribution in [1.29, 1.82) is 0 Å². The number of rotatable bonds is 7. The van der Waals surface area contributed by atoms with E-state index in [1.807, 2.05) is 72.8 Å². The largest absolute Gasteiger partial charge is 0.497 e. The van der Waals surface area contributed by atoms with E-state index >= 15 is 0 Å². The number of ether oxygens (including phenoxy) is 1. The smallest absolute Gasteiger partial charge is 0.247 e. The Kier molecular flexibility index (Phi) is 5.88. The summed E-state index contributed by atoms with van der Waals surface area (Å²) >= 11 is 0. The molecule has 3 aromatic rings. The van der Waals surface area contributed by atoms with Crippen molar-refractivity contribution in [3.63, 3.8) is 0 Å². The van der Waals surface area contributed by atoms with Gasteiger partial charge in [0.15, 0.2) is 0 Å². The number of methoxy groups -OCH3 is 1. The van der Waals surface area contributed by atoms with Crippen LogP contribution in [0.4, 0.5) is 0 Å². The molecule has 0 aliphatic rings. The Bertz CT molecular complexity index is 837. The van der Waals surface area contributed by atoms with E-state index in [1.165, 1.54) is 0 Å². The lowest BCUT2D eigenvalue weighted by molar-refractivity contribution is -0.127. The predicted molar refractivity (Wildman–Crippen MR) is 101 cm³/mol. The van der Waals surface area contributed by atoms with Crippen molar-refractivity contribution in [1.82, 2.24) is 4.90 Å². The second-order valence-corrected chi connectivity index (χ2v) is 5.87. The van der Waals surface area contributed by atoms with Crippen LogP contribution in [0.3, 0.4) is 0 Å². The van der Waals surface area contributed by atoms with Crippen molar-refractivity contribution in [2.24, 2.45) is 0 Å². The molecule has 0 aliphatic heterocycles. The van der Waals surface area contributed by atoms with E-state index in [0.29, 0.717) is 13.1 Å². The molecule has 2 aromatic carbocycles.